The molecule has 0 unspecified atom stereocenters. The van der Waals surface area contributed by atoms with Crippen LogP contribution in [0.4, 0.5) is 13.2 Å². The fraction of sp³-hybridized carbons (Fsp3) is 0.471. The molecule has 0 aliphatic carbocycles. The molecule has 0 radical (unpaired) electrons. The smallest absolute Gasteiger partial charge is 0.416 e. The van der Waals surface area contributed by atoms with E-state index in [1.807, 2.05) is 6.92 Å². The van der Waals surface area contributed by atoms with Crippen molar-refractivity contribution in [2.45, 2.75) is 36.9 Å². The summed E-state index contributed by atoms with van der Waals surface area (Å²) in [6.07, 6.45) is -3.47. The molecule has 2 atom stereocenters. The number of carbonyl (C=O) groups is 3. The summed E-state index contributed by atoms with van der Waals surface area (Å²) in [6, 6.07) is 3.44. The molecule has 2 heterocycles. The number of ether oxygens (including phenoxy) is 1. The Kier molecular flexibility index (Phi) is 5.46. The standard InChI is InChI=1S/C17H18F3N3O4S/c1-16-6-5-14(25)23(16)12(9-28-16)15(26)22-21-13(24)8-27-11-4-2-3-10(7-11)17(18,19)20/h2-4,7,12H,5-6,8-9H2,1H3,(H,21,24)(H,22,26)/t12-,16-/m0/s1. The van der Waals surface area contributed by atoms with Gasteiger partial charge in [0, 0.05) is 12.2 Å². The van der Waals surface area contributed by atoms with Gasteiger partial charge in [-0.2, -0.15) is 13.2 Å². The molecule has 152 valence electrons. The quantitative estimate of drug-likeness (QED) is 0.728. The molecule has 28 heavy (non-hydrogen) atoms. The van der Waals surface area contributed by atoms with Crippen LogP contribution < -0.4 is 15.6 Å². The number of nitrogens with one attached hydrogen (secondary N) is 2. The number of hydrogen-bond donors (Lipinski definition) is 2. The predicted molar refractivity (Wildman–Crippen MR) is 94.0 cm³/mol. The number of fused-ring (bicyclic) bond motifs is 1. The van der Waals surface area contributed by atoms with E-state index in [0.29, 0.717) is 18.6 Å². The van der Waals surface area contributed by atoms with Crippen molar-refractivity contribution in [1.82, 2.24) is 15.8 Å². The highest BCUT2D eigenvalue weighted by Gasteiger charge is 2.52. The third kappa shape index (κ3) is 4.18. The van der Waals surface area contributed by atoms with Crippen molar-refractivity contribution in [3.8, 4) is 5.75 Å². The van der Waals surface area contributed by atoms with Gasteiger partial charge in [0.15, 0.2) is 6.61 Å². The van der Waals surface area contributed by atoms with Crippen LogP contribution in [-0.4, -0.2) is 45.9 Å². The van der Waals surface area contributed by atoms with Gasteiger partial charge in [-0.1, -0.05) is 6.07 Å². The van der Waals surface area contributed by atoms with Crippen LogP contribution in [-0.2, 0) is 20.6 Å². The number of thioether (sulfide) groups is 1. The second-order valence-corrected chi connectivity index (χ2v) is 8.12. The first-order valence-corrected chi connectivity index (χ1v) is 9.43. The van der Waals surface area contributed by atoms with E-state index in [2.05, 4.69) is 10.9 Å². The van der Waals surface area contributed by atoms with Gasteiger partial charge in [0.25, 0.3) is 11.8 Å². The SMILES string of the molecule is C[C@]12CCC(=O)N1[C@H](C(=O)NNC(=O)COc1cccc(C(F)(F)F)c1)CS2. The lowest BCUT2D eigenvalue weighted by molar-refractivity contribution is -0.139. The lowest BCUT2D eigenvalue weighted by Crippen LogP contribution is -2.54. The number of carbonyl (C=O) groups excluding carboxylic acids is 3. The number of benzene rings is 1. The maximum Gasteiger partial charge on any atom is 0.416 e. The number of alkyl halides is 3. The van der Waals surface area contributed by atoms with Gasteiger partial charge < -0.3 is 9.64 Å². The summed E-state index contributed by atoms with van der Waals surface area (Å²) < 4.78 is 43.0. The summed E-state index contributed by atoms with van der Waals surface area (Å²) in [5, 5.41) is 0. The van der Waals surface area contributed by atoms with Crippen molar-refractivity contribution in [1.29, 1.82) is 0 Å². The molecule has 2 N–H and O–H groups in total. The van der Waals surface area contributed by atoms with Gasteiger partial charge >= 0.3 is 6.18 Å². The normalized spacial score (nSPS) is 24.1. The zero-order valence-electron chi connectivity index (χ0n) is 14.8. The third-order valence-electron chi connectivity index (χ3n) is 4.60. The molecule has 0 aromatic heterocycles. The molecule has 1 aromatic rings. The minimum atomic E-state index is -4.52. The maximum atomic E-state index is 12.7. The molecular weight excluding hydrogens is 399 g/mol. The summed E-state index contributed by atoms with van der Waals surface area (Å²) in [5.41, 5.74) is 3.50. The highest BCUT2D eigenvalue weighted by molar-refractivity contribution is 8.01. The van der Waals surface area contributed by atoms with E-state index in [0.717, 1.165) is 12.1 Å². The van der Waals surface area contributed by atoms with E-state index >= 15 is 0 Å². The summed E-state index contributed by atoms with van der Waals surface area (Å²) >= 11 is 1.52. The van der Waals surface area contributed by atoms with E-state index in [1.165, 1.54) is 28.8 Å². The van der Waals surface area contributed by atoms with Gasteiger partial charge in [0.05, 0.1) is 10.4 Å². The summed E-state index contributed by atoms with van der Waals surface area (Å²) in [6.45, 7) is 1.32. The number of rotatable bonds is 4. The minimum Gasteiger partial charge on any atom is -0.484 e. The second kappa shape index (κ2) is 7.53. The first-order chi connectivity index (χ1) is 13.1. The van der Waals surface area contributed by atoms with Crippen LogP contribution in [0.1, 0.15) is 25.3 Å². The number of amides is 3. The number of nitrogens with zero attached hydrogens (tertiary/aromatic N) is 1. The third-order valence-corrected chi connectivity index (χ3v) is 6.11. The van der Waals surface area contributed by atoms with Crippen molar-refractivity contribution in [2.75, 3.05) is 12.4 Å². The molecular formula is C17H18F3N3O4S. The molecule has 2 saturated heterocycles. The van der Waals surface area contributed by atoms with Crippen LogP contribution in [0.2, 0.25) is 0 Å². The zero-order chi connectivity index (χ0) is 20.5. The van der Waals surface area contributed by atoms with E-state index in [9.17, 15) is 27.6 Å². The van der Waals surface area contributed by atoms with E-state index in [4.69, 9.17) is 4.74 Å². The highest BCUT2D eigenvalue weighted by Crippen LogP contribution is 2.47. The fourth-order valence-corrected chi connectivity index (χ4v) is 4.61. The van der Waals surface area contributed by atoms with E-state index in [-0.39, 0.29) is 11.7 Å². The Bertz CT molecular complexity index is 804. The van der Waals surface area contributed by atoms with Gasteiger partial charge in [-0.3, -0.25) is 25.2 Å². The van der Waals surface area contributed by atoms with Crippen molar-refractivity contribution >= 4 is 29.5 Å². The number of halogens is 3. The topological polar surface area (TPSA) is 87.7 Å². The lowest BCUT2D eigenvalue weighted by Gasteiger charge is -2.29. The molecule has 2 aliphatic rings. The average Bonchev–Trinajstić information content (AvgIpc) is 3.13. The lowest BCUT2D eigenvalue weighted by atomic mass is 10.2. The Labute approximate surface area is 162 Å². The Morgan fingerprint density at radius 1 is 1.36 bits per heavy atom. The first kappa shape index (κ1) is 20.3. The Balaban J connectivity index is 1.49. The number of hydrogen-bond acceptors (Lipinski definition) is 5. The van der Waals surface area contributed by atoms with Crippen LogP contribution in [0.25, 0.3) is 0 Å². The van der Waals surface area contributed by atoms with Crippen molar-refractivity contribution in [3.63, 3.8) is 0 Å². The molecule has 0 spiro atoms. The molecule has 2 fully saturated rings. The summed E-state index contributed by atoms with van der Waals surface area (Å²) in [4.78, 5) is 37.3. The monoisotopic (exact) mass is 417 g/mol. The van der Waals surface area contributed by atoms with Crippen LogP contribution in [0, 0.1) is 0 Å². The van der Waals surface area contributed by atoms with Gasteiger partial charge in [-0.15, -0.1) is 11.8 Å². The minimum absolute atomic E-state index is 0.105. The molecule has 7 nitrogen and oxygen atoms in total. The Morgan fingerprint density at radius 2 is 2.11 bits per heavy atom. The van der Waals surface area contributed by atoms with Gasteiger partial charge in [0.2, 0.25) is 5.91 Å². The van der Waals surface area contributed by atoms with E-state index < -0.39 is 41.1 Å². The average molecular weight is 417 g/mol. The van der Waals surface area contributed by atoms with Crippen LogP contribution in [0.15, 0.2) is 24.3 Å². The summed E-state index contributed by atoms with van der Waals surface area (Å²) in [5.74, 6) is -1.08. The largest absolute Gasteiger partial charge is 0.484 e. The summed E-state index contributed by atoms with van der Waals surface area (Å²) in [7, 11) is 0. The molecule has 3 rings (SSSR count). The maximum absolute atomic E-state index is 12.7. The molecule has 1 aromatic carbocycles. The van der Waals surface area contributed by atoms with E-state index in [1.54, 1.807) is 0 Å². The molecule has 3 amide bonds. The molecule has 11 heteroatoms. The Morgan fingerprint density at radius 3 is 2.82 bits per heavy atom. The molecule has 0 bridgehead atoms. The fourth-order valence-electron chi connectivity index (χ4n) is 3.18. The molecule has 0 saturated carbocycles. The van der Waals surface area contributed by atoms with Crippen LogP contribution in [0.5, 0.6) is 5.75 Å². The zero-order valence-corrected chi connectivity index (χ0v) is 15.7. The van der Waals surface area contributed by atoms with Crippen molar-refractivity contribution in [3.05, 3.63) is 29.8 Å². The Hall–Kier alpha value is -2.43. The van der Waals surface area contributed by atoms with Crippen molar-refractivity contribution < 1.29 is 32.3 Å². The number of hydrazine groups is 1. The molecule has 2 aliphatic heterocycles. The van der Waals surface area contributed by atoms with Gasteiger partial charge in [-0.05, 0) is 31.5 Å². The first-order valence-electron chi connectivity index (χ1n) is 8.45. The van der Waals surface area contributed by atoms with Crippen molar-refractivity contribution in [2.24, 2.45) is 0 Å². The second-order valence-electron chi connectivity index (χ2n) is 6.62. The van der Waals surface area contributed by atoms with Crippen LogP contribution >= 0.6 is 11.8 Å². The van der Waals surface area contributed by atoms with Gasteiger partial charge in [-0.25, -0.2) is 0 Å². The van der Waals surface area contributed by atoms with Gasteiger partial charge in [0.1, 0.15) is 11.8 Å². The predicted octanol–water partition coefficient (Wildman–Crippen LogP) is 1.69. The highest BCUT2D eigenvalue weighted by atomic mass is 32.2. The van der Waals surface area contributed by atoms with Crippen LogP contribution in [0.3, 0.4) is 0 Å².